The minimum Gasteiger partial charge on any atom is -0.391 e. The Kier molecular flexibility index (Phi) is 4.90. The summed E-state index contributed by atoms with van der Waals surface area (Å²) in [7, 11) is 0. The van der Waals surface area contributed by atoms with E-state index in [1.807, 2.05) is 19.1 Å². The summed E-state index contributed by atoms with van der Waals surface area (Å²) in [4.78, 5) is 18.2. The molecule has 1 amide bonds. The van der Waals surface area contributed by atoms with E-state index in [-0.39, 0.29) is 24.1 Å². The van der Waals surface area contributed by atoms with Crippen LogP contribution in [0.25, 0.3) is 0 Å². The van der Waals surface area contributed by atoms with Gasteiger partial charge in [0, 0.05) is 31.4 Å². The van der Waals surface area contributed by atoms with E-state index in [0.29, 0.717) is 25.1 Å². The number of aliphatic hydroxyl groups excluding tert-OH is 1. The minimum absolute atomic E-state index is 0.0185. The van der Waals surface area contributed by atoms with Crippen molar-refractivity contribution in [3.05, 3.63) is 65.2 Å². The van der Waals surface area contributed by atoms with Crippen molar-refractivity contribution in [1.29, 1.82) is 0 Å². The Morgan fingerprint density at radius 1 is 1.29 bits per heavy atom. The molecule has 1 aliphatic rings. The highest BCUT2D eigenvalue weighted by atomic mass is 19.1. The number of hydrogen-bond acceptors (Lipinski definition) is 3. The summed E-state index contributed by atoms with van der Waals surface area (Å²) in [5.41, 5.74) is 2.70. The second kappa shape index (κ2) is 7.09. The van der Waals surface area contributed by atoms with Crippen molar-refractivity contribution < 1.29 is 14.3 Å². The summed E-state index contributed by atoms with van der Waals surface area (Å²) in [5, 5.41) is 10.3. The van der Waals surface area contributed by atoms with Gasteiger partial charge in [0.05, 0.1) is 12.5 Å². The number of benzene rings is 1. The summed E-state index contributed by atoms with van der Waals surface area (Å²) in [6.45, 7) is 2.73. The van der Waals surface area contributed by atoms with Crippen molar-refractivity contribution in [2.75, 3.05) is 13.1 Å². The number of aromatic nitrogens is 1. The van der Waals surface area contributed by atoms with Gasteiger partial charge in [-0.15, -0.1) is 0 Å². The van der Waals surface area contributed by atoms with Crippen LogP contribution in [0.15, 0.2) is 42.7 Å². The third-order valence-corrected chi connectivity index (χ3v) is 4.66. The maximum atomic E-state index is 13.4. The highest BCUT2D eigenvalue weighted by Crippen LogP contribution is 2.22. The zero-order chi connectivity index (χ0) is 17.1. The van der Waals surface area contributed by atoms with E-state index >= 15 is 0 Å². The van der Waals surface area contributed by atoms with E-state index in [0.717, 1.165) is 11.1 Å². The standard InChI is InChI=1S/C19H21FN2O2/c1-13-2-3-17(20)9-15(13)10-19(24)22-11-16(18(23)12-22)8-14-4-6-21-7-5-14/h2-7,9,16,18,23H,8,10-12H2,1H3/t16-,18-/m1/s1. The van der Waals surface area contributed by atoms with Gasteiger partial charge in [-0.1, -0.05) is 6.07 Å². The number of amides is 1. The number of carbonyl (C=O) groups excluding carboxylic acids is 1. The number of carbonyl (C=O) groups is 1. The summed E-state index contributed by atoms with van der Waals surface area (Å²) in [6, 6.07) is 8.34. The first-order valence-corrected chi connectivity index (χ1v) is 8.12. The first-order chi connectivity index (χ1) is 11.5. The highest BCUT2D eigenvalue weighted by Gasteiger charge is 2.33. The Balaban J connectivity index is 1.63. The molecule has 4 nitrogen and oxygen atoms in total. The fourth-order valence-electron chi connectivity index (χ4n) is 3.19. The van der Waals surface area contributed by atoms with Crippen LogP contribution < -0.4 is 0 Å². The van der Waals surface area contributed by atoms with Crippen LogP contribution in [0.1, 0.15) is 16.7 Å². The molecule has 0 spiro atoms. The number of β-amino-alcohol motifs (C(OH)–C–C–N with tert-alkyl or cyclic N) is 1. The lowest BCUT2D eigenvalue weighted by atomic mass is 9.97. The monoisotopic (exact) mass is 328 g/mol. The van der Waals surface area contributed by atoms with Crippen molar-refractivity contribution in [1.82, 2.24) is 9.88 Å². The van der Waals surface area contributed by atoms with Gasteiger partial charge in [0.15, 0.2) is 0 Å². The second-order valence-electron chi connectivity index (χ2n) is 6.43. The van der Waals surface area contributed by atoms with Gasteiger partial charge >= 0.3 is 0 Å². The van der Waals surface area contributed by atoms with E-state index in [4.69, 9.17) is 0 Å². The van der Waals surface area contributed by atoms with Crippen LogP contribution in [0, 0.1) is 18.7 Å². The molecule has 1 N–H and O–H groups in total. The lowest BCUT2D eigenvalue weighted by Gasteiger charge is -2.17. The molecule has 1 fully saturated rings. The molecule has 2 heterocycles. The van der Waals surface area contributed by atoms with Crippen molar-refractivity contribution in [3.8, 4) is 0 Å². The average molecular weight is 328 g/mol. The smallest absolute Gasteiger partial charge is 0.227 e. The van der Waals surface area contributed by atoms with Crippen molar-refractivity contribution in [3.63, 3.8) is 0 Å². The van der Waals surface area contributed by atoms with Crippen LogP contribution in [0.5, 0.6) is 0 Å². The number of aliphatic hydroxyl groups is 1. The molecule has 1 aliphatic heterocycles. The normalized spacial score (nSPS) is 20.4. The average Bonchev–Trinajstić information content (AvgIpc) is 2.93. The predicted octanol–water partition coefficient (Wildman–Crippen LogP) is 2.13. The van der Waals surface area contributed by atoms with Crippen LogP contribution in [-0.2, 0) is 17.6 Å². The molecule has 2 atom stereocenters. The van der Waals surface area contributed by atoms with Crippen molar-refractivity contribution in [2.24, 2.45) is 5.92 Å². The van der Waals surface area contributed by atoms with Crippen LogP contribution in [0.4, 0.5) is 4.39 Å². The van der Waals surface area contributed by atoms with Crippen LogP contribution in [0.3, 0.4) is 0 Å². The topological polar surface area (TPSA) is 53.4 Å². The SMILES string of the molecule is Cc1ccc(F)cc1CC(=O)N1C[C@@H](Cc2ccncc2)[C@H](O)C1. The number of pyridine rings is 1. The van der Waals surface area contributed by atoms with Gasteiger partial charge < -0.3 is 10.0 Å². The Morgan fingerprint density at radius 3 is 2.79 bits per heavy atom. The molecule has 2 aromatic rings. The molecule has 0 saturated carbocycles. The number of halogens is 1. The molecular weight excluding hydrogens is 307 g/mol. The largest absolute Gasteiger partial charge is 0.391 e. The highest BCUT2D eigenvalue weighted by molar-refractivity contribution is 5.79. The van der Waals surface area contributed by atoms with E-state index < -0.39 is 6.10 Å². The minimum atomic E-state index is -0.532. The van der Waals surface area contributed by atoms with Gasteiger partial charge in [-0.3, -0.25) is 9.78 Å². The fourth-order valence-corrected chi connectivity index (χ4v) is 3.19. The summed E-state index contributed by atoms with van der Waals surface area (Å²) in [5.74, 6) is -0.384. The van der Waals surface area contributed by atoms with E-state index in [9.17, 15) is 14.3 Å². The van der Waals surface area contributed by atoms with Crippen LogP contribution in [-0.4, -0.2) is 40.1 Å². The number of rotatable bonds is 4. The zero-order valence-corrected chi connectivity index (χ0v) is 13.7. The van der Waals surface area contributed by atoms with Gasteiger partial charge in [-0.05, 0) is 54.3 Å². The third-order valence-electron chi connectivity index (χ3n) is 4.66. The summed E-state index contributed by atoms with van der Waals surface area (Å²) in [6.07, 6.45) is 3.80. The molecule has 1 saturated heterocycles. The van der Waals surface area contributed by atoms with Crippen LogP contribution in [0.2, 0.25) is 0 Å². The third kappa shape index (κ3) is 3.79. The maximum Gasteiger partial charge on any atom is 0.227 e. The van der Waals surface area contributed by atoms with E-state index in [2.05, 4.69) is 4.98 Å². The van der Waals surface area contributed by atoms with Crippen LogP contribution >= 0.6 is 0 Å². The first kappa shape index (κ1) is 16.6. The molecule has 0 unspecified atom stereocenters. The quantitative estimate of drug-likeness (QED) is 0.935. The second-order valence-corrected chi connectivity index (χ2v) is 6.43. The Labute approximate surface area is 141 Å². The van der Waals surface area contributed by atoms with E-state index in [1.165, 1.54) is 12.1 Å². The molecule has 24 heavy (non-hydrogen) atoms. The Hall–Kier alpha value is -2.27. The van der Waals surface area contributed by atoms with Gasteiger partial charge in [-0.2, -0.15) is 0 Å². The molecule has 126 valence electrons. The van der Waals surface area contributed by atoms with Gasteiger partial charge in [0.2, 0.25) is 5.91 Å². The number of likely N-dealkylation sites (tertiary alicyclic amines) is 1. The predicted molar refractivity (Wildman–Crippen MR) is 88.9 cm³/mol. The Bertz CT molecular complexity index is 721. The lowest BCUT2D eigenvalue weighted by molar-refractivity contribution is -0.129. The van der Waals surface area contributed by atoms with Gasteiger partial charge in [-0.25, -0.2) is 4.39 Å². The van der Waals surface area contributed by atoms with Crippen molar-refractivity contribution >= 4 is 5.91 Å². The lowest BCUT2D eigenvalue weighted by Crippen LogP contribution is -2.31. The summed E-state index contributed by atoms with van der Waals surface area (Å²) >= 11 is 0. The number of aryl methyl sites for hydroxylation is 1. The molecule has 0 bridgehead atoms. The zero-order valence-electron chi connectivity index (χ0n) is 13.7. The number of hydrogen-bond donors (Lipinski definition) is 1. The molecule has 0 aliphatic carbocycles. The molecule has 0 radical (unpaired) electrons. The Morgan fingerprint density at radius 2 is 2.04 bits per heavy atom. The van der Waals surface area contributed by atoms with Gasteiger partial charge in [0.1, 0.15) is 5.82 Å². The first-order valence-electron chi connectivity index (χ1n) is 8.12. The van der Waals surface area contributed by atoms with Gasteiger partial charge in [0.25, 0.3) is 0 Å². The van der Waals surface area contributed by atoms with Crippen molar-refractivity contribution in [2.45, 2.75) is 25.9 Å². The number of nitrogens with zero attached hydrogens (tertiary/aromatic N) is 2. The fraction of sp³-hybridized carbons (Fsp3) is 0.368. The molecule has 5 heteroatoms. The molecular formula is C19H21FN2O2. The maximum absolute atomic E-state index is 13.4. The molecule has 3 rings (SSSR count). The van der Waals surface area contributed by atoms with E-state index in [1.54, 1.807) is 23.4 Å². The molecule has 1 aromatic heterocycles. The summed E-state index contributed by atoms with van der Waals surface area (Å²) < 4.78 is 13.4. The molecule has 1 aromatic carbocycles.